The molecular weight excluding hydrogens is 214 g/mol. The molecule has 0 amide bonds. The zero-order valence-corrected chi connectivity index (χ0v) is 9.81. The van der Waals surface area contributed by atoms with Gasteiger partial charge in [-0.3, -0.25) is 9.78 Å². The van der Waals surface area contributed by atoms with Gasteiger partial charge >= 0.3 is 0 Å². The first-order valence-electron chi connectivity index (χ1n) is 5.30. The van der Waals surface area contributed by atoms with Gasteiger partial charge in [-0.15, -0.1) is 0 Å². The molecule has 1 aromatic carbocycles. The van der Waals surface area contributed by atoms with Crippen molar-refractivity contribution in [3.05, 3.63) is 47.8 Å². The van der Waals surface area contributed by atoms with Crippen LogP contribution in [0.25, 0.3) is 11.1 Å². The summed E-state index contributed by atoms with van der Waals surface area (Å²) in [6.07, 6.45) is 4.37. The van der Waals surface area contributed by atoms with E-state index in [0.29, 0.717) is 11.3 Å². The fraction of sp³-hybridized carbons (Fsp3) is 0.143. The van der Waals surface area contributed by atoms with Crippen molar-refractivity contribution in [2.24, 2.45) is 0 Å². The van der Waals surface area contributed by atoms with Crippen LogP contribution in [0.4, 0.5) is 0 Å². The number of nitrogens with zero attached hydrogens (tertiary/aromatic N) is 1. The highest BCUT2D eigenvalue weighted by Gasteiger charge is 2.06. The third-order valence-electron chi connectivity index (χ3n) is 2.57. The van der Waals surface area contributed by atoms with Crippen LogP contribution in [0.1, 0.15) is 15.9 Å². The number of hydrogen-bond acceptors (Lipinski definition) is 3. The molecular formula is C14H13NO2. The Morgan fingerprint density at radius 1 is 1.24 bits per heavy atom. The fourth-order valence-corrected chi connectivity index (χ4v) is 1.73. The Kier molecular flexibility index (Phi) is 3.19. The van der Waals surface area contributed by atoms with E-state index >= 15 is 0 Å². The standard InChI is InChI=1S/C14H13NO2/c1-10-5-11(8-15-7-10)14-4-3-13(17-2)6-12(14)9-16/h3-9H,1-2H3. The lowest BCUT2D eigenvalue weighted by molar-refractivity contribution is 0.112. The summed E-state index contributed by atoms with van der Waals surface area (Å²) in [7, 11) is 1.58. The molecule has 1 heterocycles. The number of pyridine rings is 1. The smallest absolute Gasteiger partial charge is 0.150 e. The Bertz CT molecular complexity index is 550. The lowest BCUT2D eigenvalue weighted by Crippen LogP contribution is -1.91. The minimum Gasteiger partial charge on any atom is -0.497 e. The SMILES string of the molecule is COc1ccc(-c2cncc(C)c2)c(C=O)c1. The van der Waals surface area contributed by atoms with Crippen LogP contribution in [-0.2, 0) is 0 Å². The minimum atomic E-state index is 0.608. The highest BCUT2D eigenvalue weighted by Crippen LogP contribution is 2.26. The number of hydrogen-bond donors (Lipinski definition) is 0. The Labute approximate surface area is 100 Å². The van der Waals surface area contributed by atoms with E-state index in [-0.39, 0.29) is 0 Å². The van der Waals surface area contributed by atoms with Gasteiger partial charge in [0.05, 0.1) is 7.11 Å². The van der Waals surface area contributed by atoms with Crippen molar-refractivity contribution in [1.29, 1.82) is 0 Å². The van der Waals surface area contributed by atoms with Gasteiger partial charge in [-0.25, -0.2) is 0 Å². The van der Waals surface area contributed by atoms with Gasteiger partial charge in [0.1, 0.15) is 5.75 Å². The summed E-state index contributed by atoms with van der Waals surface area (Å²) in [4.78, 5) is 15.2. The molecule has 0 fully saturated rings. The largest absolute Gasteiger partial charge is 0.497 e. The predicted molar refractivity (Wildman–Crippen MR) is 66.3 cm³/mol. The van der Waals surface area contributed by atoms with E-state index in [1.165, 1.54) is 0 Å². The van der Waals surface area contributed by atoms with Crippen molar-refractivity contribution in [3.8, 4) is 16.9 Å². The van der Waals surface area contributed by atoms with Crippen LogP contribution in [-0.4, -0.2) is 18.4 Å². The van der Waals surface area contributed by atoms with E-state index in [4.69, 9.17) is 4.74 Å². The van der Waals surface area contributed by atoms with E-state index in [1.54, 1.807) is 25.6 Å². The maximum atomic E-state index is 11.1. The van der Waals surface area contributed by atoms with E-state index < -0.39 is 0 Å². The molecule has 3 nitrogen and oxygen atoms in total. The van der Waals surface area contributed by atoms with Crippen molar-refractivity contribution < 1.29 is 9.53 Å². The van der Waals surface area contributed by atoms with Gasteiger partial charge < -0.3 is 4.74 Å². The number of methoxy groups -OCH3 is 1. The molecule has 17 heavy (non-hydrogen) atoms. The molecule has 0 aliphatic heterocycles. The topological polar surface area (TPSA) is 39.2 Å². The monoisotopic (exact) mass is 227 g/mol. The number of benzene rings is 1. The van der Waals surface area contributed by atoms with Crippen molar-refractivity contribution in [2.75, 3.05) is 7.11 Å². The van der Waals surface area contributed by atoms with Crippen molar-refractivity contribution in [2.45, 2.75) is 6.92 Å². The molecule has 86 valence electrons. The zero-order chi connectivity index (χ0) is 12.3. The second-order valence-electron chi connectivity index (χ2n) is 3.82. The number of aldehydes is 1. The third kappa shape index (κ3) is 2.33. The van der Waals surface area contributed by atoms with Gasteiger partial charge in [0.15, 0.2) is 6.29 Å². The van der Waals surface area contributed by atoms with Crippen LogP contribution in [0.3, 0.4) is 0 Å². The van der Waals surface area contributed by atoms with E-state index in [1.807, 2.05) is 25.1 Å². The first-order valence-corrected chi connectivity index (χ1v) is 5.30. The highest BCUT2D eigenvalue weighted by molar-refractivity contribution is 5.88. The van der Waals surface area contributed by atoms with Crippen molar-refractivity contribution in [3.63, 3.8) is 0 Å². The van der Waals surface area contributed by atoms with Crippen LogP contribution < -0.4 is 4.74 Å². The molecule has 0 aliphatic rings. The second-order valence-corrected chi connectivity index (χ2v) is 3.82. The Morgan fingerprint density at radius 3 is 2.71 bits per heavy atom. The number of rotatable bonds is 3. The zero-order valence-electron chi connectivity index (χ0n) is 9.81. The Morgan fingerprint density at radius 2 is 2.06 bits per heavy atom. The summed E-state index contributed by atoms with van der Waals surface area (Å²) >= 11 is 0. The van der Waals surface area contributed by atoms with Gasteiger partial charge in [-0.1, -0.05) is 0 Å². The van der Waals surface area contributed by atoms with Gasteiger partial charge in [0, 0.05) is 23.5 Å². The number of aryl methyl sites for hydroxylation is 1. The summed E-state index contributed by atoms with van der Waals surface area (Å²) in [6, 6.07) is 7.44. The molecule has 2 aromatic rings. The molecule has 3 heteroatoms. The molecule has 1 aromatic heterocycles. The van der Waals surface area contributed by atoms with Gasteiger partial charge in [0.25, 0.3) is 0 Å². The maximum Gasteiger partial charge on any atom is 0.150 e. The van der Waals surface area contributed by atoms with Crippen LogP contribution in [0.5, 0.6) is 5.75 Å². The molecule has 0 saturated carbocycles. The molecule has 0 saturated heterocycles. The van der Waals surface area contributed by atoms with Crippen LogP contribution in [0, 0.1) is 6.92 Å². The van der Waals surface area contributed by atoms with Crippen LogP contribution in [0.2, 0.25) is 0 Å². The average Bonchev–Trinajstić information content (AvgIpc) is 2.38. The summed E-state index contributed by atoms with van der Waals surface area (Å²) in [5.41, 5.74) is 3.48. The first kappa shape index (κ1) is 11.3. The lowest BCUT2D eigenvalue weighted by Gasteiger charge is -2.07. The molecule has 0 aliphatic carbocycles. The second kappa shape index (κ2) is 4.78. The molecule has 0 radical (unpaired) electrons. The fourth-order valence-electron chi connectivity index (χ4n) is 1.73. The highest BCUT2D eigenvalue weighted by atomic mass is 16.5. The van der Waals surface area contributed by atoms with Gasteiger partial charge in [-0.2, -0.15) is 0 Å². The van der Waals surface area contributed by atoms with E-state index in [0.717, 1.165) is 23.0 Å². The van der Waals surface area contributed by atoms with E-state index in [2.05, 4.69) is 4.98 Å². The third-order valence-corrected chi connectivity index (χ3v) is 2.57. The predicted octanol–water partition coefficient (Wildman–Crippen LogP) is 2.88. The van der Waals surface area contributed by atoms with Crippen LogP contribution >= 0.6 is 0 Å². The number of ether oxygens (including phenoxy) is 1. The van der Waals surface area contributed by atoms with Crippen LogP contribution in [0.15, 0.2) is 36.7 Å². The number of carbonyl (C=O) groups is 1. The number of aromatic nitrogens is 1. The lowest BCUT2D eigenvalue weighted by atomic mass is 10.0. The molecule has 0 bridgehead atoms. The summed E-state index contributed by atoms with van der Waals surface area (Å²) in [6.45, 7) is 1.97. The summed E-state index contributed by atoms with van der Waals surface area (Å²) < 4.78 is 5.10. The summed E-state index contributed by atoms with van der Waals surface area (Å²) in [5, 5.41) is 0. The molecule has 0 unspecified atom stereocenters. The first-order chi connectivity index (χ1) is 8.24. The average molecular weight is 227 g/mol. The maximum absolute atomic E-state index is 11.1. The molecule has 2 rings (SSSR count). The van der Waals surface area contributed by atoms with Gasteiger partial charge in [0.2, 0.25) is 0 Å². The number of carbonyl (C=O) groups excluding carboxylic acids is 1. The minimum absolute atomic E-state index is 0.608. The Balaban J connectivity index is 2.55. The Hall–Kier alpha value is -2.16. The van der Waals surface area contributed by atoms with E-state index in [9.17, 15) is 4.79 Å². The molecule has 0 atom stereocenters. The molecule has 0 N–H and O–H groups in total. The van der Waals surface area contributed by atoms with Crippen molar-refractivity contribution >= 4 is 6.29 Å². The summed E-state index contributed by atoms with van der Waals surface area (Å²) in [5.74, 6) is 0.677. The van der Waals surface area contributed by atoms with Gasteiger partial charge in [-0.05, 0) is 42.3 Å². The molecule has 0 spiro atoms. The quantitative estimate of drug-likeness (QED) is 0.757. The normalized spacial score (nSPS) is 10.0. The van der Waals surface area contributed by atoms with Crippen molar-refractivity contribution in [1.82, 2.24) is 4.98 Å².